The molecule has 1 rings (SSSR count). The first-order chi connectivity index (χ1) is 8.49. The van der Waals surface area contributed by atoms with E-state index in [4.69, 9.17) is 4.74 Å². The minimum absolute atomic E-state index is 0.531. The number of alkyl halides is 3. The molecule has 0 fully saturated rings. The van der Waals surface area contributed by atoms with Crippen molar-refractivity contribution in [3.05, 3.63) is 36.8 Å². The number of ether oxygens (including phenoxy) is 1. The minimum atomic E-state index is -4.76. The second-order valence-electron chi connectivity index (χ2n) is 5.32. The third-order valence-corrected chi connectivity index (χ3v) is 3.11. The van der Waals surface area contributed by atoms with Gasteiger partial charge in [-0.25, -0.2) is 0 Å². The Kier molecular flexibility index (Phi) is 4.20. The number of benzene rings is 1. The largest absolute Gasteiger partial charge is 0.497 e. The Morgan fingerprint density at radius 2 is 1.84 bits per heavy atom. The highest BCUT2D eigenvalue weighted by Crippen LogP contribution is 2.40. The Balaban J connectivity index is 3.04. The van der Waals surface area contributed by atoms with Crippen molar-refractivity contribution in [2.45, 2.75) is 37.5 Å². The van der Waals surface area contributed by atoms with Gasteiger partial charge in [-0.2, -0.15) is 13.2 Å². The van der Waals surface area contributed by atoms with E-state index in [2.05, 4.69) is 6.92 Å². The maximum absolute atomic E-state index is 12.7. The number of hydrogen-bond acceptors (Lipinski definition) is 2. The van der Waals surface area contributed by atoms with Gasteiger partial charge in [0.05, 0.1) is 7.11 Å². The first kappa shape index (κ1) is 15.8. The molecule has 0 amide bonds. The molecule has 0 aliphatic rings. The van der Waals surface area contributed by atoms with Gasteiger partial charge in [-0.3, -0.25) is 0 Å². The summed E-state index contributed by atoms with van der Waals surface area (Å²) in [5.74, 6) is 0.560. The number of rotatable bonds is 4. The van der Waals surface area contributed by atoms with Crippen LogP contribution in [0.25, 0.3) is 0 Å². The zero-order valence-electron chi connectivity index (χ0n) is 11.2. The Morgan fingerprint density at radius 1 is 1.26 bits per heavy atom. The van der Waals surface area contributed by atoms with Gasteiger partial charge in [0.15, 0.2) is 5.60 Å². The quantitative estimate of drug-likeness (QED) is 0.911. The predicted octanol–water partition coefficient (Wildman–Crippen LogP) is 3.49. The highest BCUT2D eigenvalue weighted by atomic mass is 19.4. The number of halogens is 3. The molecule has 0 aliphatic carbocycles. The molecule has 0 heterocycles. The molecule has 1 radical (unpaired) electrons. The Hall–Kier alpha value is -1.23. The van der Waals surface area contributed by atoms with Crippen LogP contribution in [0.3, 0.4) is 0 Å². The minimum Gasteiger partial charge on any atom is -0.497 e. The fourth-order valence-electron chi connectivity index (χ4n) is 1.98. The van der Waals surface area contributed by atoms with E-state index < -0.39 is 23.6 Å². The standard InChI is InChI=1S/C14H18F3O2/c1-12(2,9-13(3,18)14(15,16)17)10-6-5-7-11(8-10)19-4/h5-8,18H,3,9H2,1-2,4H3. The Labute approximate surface area is 111 Å². The Bertz CT molecular complexity index is 437. The van der Waals surface area contributed by atoms with Crippen molar-refractivity contribution in [2.75, 3.05) is 7.11 Å². The molecular weight excluding hydrogens is 257 g/mol. The van der Waals surface area contributed by atoms with E-state index in [0.29, 0.717) is 11.3 Å². The van der Waals surface area contributed by atoms with Crippen LogP contribution in [0.15, 0.2) is 24.3 Å². The molecule has 5 heteroatoms. The molecule has 1 N–H and O–H groups in total. The van der Waals surface area contributed by atoms with Crippen LogP contribution in [-0.2, 0) is 5.41 Å². The van der Waals surface area contributed by atoms with E-state index in [1.165, 1.54) is 7.11 Å². The number of hydrogen-bond donors (Lipinski definition) is 1. The first-order valence-corrected chi connectivity index (χ1v) is 5.78. The van der Waals surface area contributed by atoms with Crippen LogP contribution in [0.5, 0.6) is 5.75 Å². The maximum atomic E-state index is 12.7. The van der Waals surface area contributed by atoms with Crippen molar-refractivity contribution in [3.63, 3.8) is 0 Å². The molecule has 1 atom stereocenters. The average molecular weight is 275 g/mol. The van der Waals surface area contributed by atoms with Gasteiger partial charge in [0.2, 0.25) is 0 Å². The summed E-state index contributed by atoms with van der Waals surface area (Å²) in [4.78, 5) is 0. The van der Waals surface area contributed by atoms with Gasteiger partial charge >= 0.3 is 6.18 Å². The summed E-state index contributed by atoms with van der Waals surface area (Å²) in [5, 5.41) is 9.51. The molecule has 0 bridgehead atoms. The number of methoxy groups -OCH3 is 1. The van der Waals surface area contributed by atoms with Crippen LogP contribution in [0.2, 0.25) is 0 Å². The highest BCUT2D eigenvalue weighted by Gasteiger charge is 2.52. The zero-order chi connectivity index (χ0) is 14.9. The molecule has 1 aromatic carbocycles. The van der Waals surface area contributed by atoms with Gasteiger partial charge in [0.25, 0.3) is 0 Å². The van der Waals surface area contributed by atoms with Gasteiger partial charge in [-0.1, -0.05) is 26.0 Å². The average Bonchev–Trinajstić information content (AvgIpc) is 2.26. The van der Waals surface area contributed by atoms with Crippen molar-refractivity contribution >= 4 is 0 Å². The molecule has 0 saturated carbocycles. The summed E-state index contributed by atoms with van der Waals surface area (Å²) in [6, 6.07) is 6.77. The third kappa shape index (κ3) is 3.62. The summed E-state index contributed by atoms with van der Waals surface area (Å²) in [6.07, 6.45) is -5.29. The molecule has 107 valence electrons. The van der Waals surface area contributed by atoms with Gasteiger partial charge in [-0.05, 0) is 36.5 Å². The lowest BCUT2D eigenvalue weighted by molar-refractivity contribution is -0.247. The first-order valence-electron chi connectivity index (χ1n) is 5.78. The van der Waals surface area contributed by atoms with Gasteiger partial charge < -0.3 is 9.84 Å². The SMILES string of the molecule is [CH2]C(O)(CC(C)(C)c1cccc(OC)c1)C(F)(F)F. The van der Waals surface area contributed by atoms with Crippen molar-refractivity contribution in [1.82, 2.24) is 0 Å². The van der Waals surface area contributed by atoms with Crippen LogP contribution in [-0.4, -0.2) is 24.0 Å². The fourth-order valence-corrected chi connectivity index (χ4v) is 1.98. The van der Waals surface area contributed by atoms with E-state index in [9.17, 15) is 18.3 Å². The second-order valence-corrected chi connectivity index (χ2v) is 5.32. The topological polar surface area (TPSA) is 29.5 Å². The van der Waals surface area contributed by atoms with Crippen LogP contribution < -0.4 is 4.74 Å². The molecule has 2 nitrogen and oxygen atoms in total. The monoisotopic (exact) mass is 275 g/mol. The molecule has 19 heavy (non-hydrogen) atoms. The van der Waals surface area contributed by atoms with Crippen molar-refractivity contribution in [3.8, 4) is 5.75 Å². The Morgan fingerprint density at radius 3 is 2.32 bits per heavy atom. The summed E-state index contributed by atoms with van der Waals surface area (Å²) in [6.45, 7) is 6.15. The molecule has 0 aliphatic heterocycles. The number of aliphatic hydroxyl groups is 1. The second kappa shape index (κ2) is 5.04. The fraction of sp³-hybridized carbons (Fsp3) is 0.500. The molecule has 0 aromatic heterocycles. The van der Waals surface area contributed by atoms with E-state index in [1.807, 2.05) is 0 Å². The van der Waals surface area contributed by atoms with Crippen LogP contribution in [0.4, 0.5) is 13.2 Å². The lowest BCUT2D eigenvalue weighted by Gasteiger charge is -2.35. The zero-order valence-corrected chi connectivity index (χ0v) is 11.2. The summed E-state index contributed by atoms with van der Waals surface area (Å²) < 4.78 is 43.1. The smallest absolute Gasteiger partial charge is 0.417 e. The highest BCUT2D eigenvalue weighted by molar-refractivity contribution is 5.33. The van der Waals surface area contributed by atoms with Crippen LogP contribution >= 0.6 is 0 Å². The van der Waals surface area contributed by atoms with E-state index >= 15 is 0 Å². The van der Waals surface area contributed by atoms with Crippen molar-refractivity contribution in [2.24, 2.45) is 0 Å². The third-order valence-electron chi connectivity index (χ3n) is 3.11. The molecule has 0 spiro atoms. The van der Waals surface area contributed by atoms with Gasteiger partial charge in [0, 0.05) is 0 Å². The lowest BCUT2D eigenvalue weighted by atomic mass is 9.75. The molecule has 1 aromatic rings. The van der Waals surface area contributed by atoms with Crippen LogP contribution in [0.1, 0.15) is 25.8 Å². The van der Waals surface area contributed by atoms with E-state index in [0.717, 1.165) is 0 Å². The van der Waals surface area contributed by atoms with E-state index in [-0.39, 0.29) is 0 Å². The summed E-state index contributed by atoms with van der Waals surface area (Å²) in [7, 11) is 1.49. The molecular formula is C14H18F3O2. The molecule has 1 unspecified atom stereocenters. The molecule has 0 saturated heterocycles. The van der Waals surface area contributed by atoms with Gasteiger partial charge in [-0.15, -0.1) is 0 Å². The predicted molar refractivity (Wildman–Crippen MR) is 67.0 cm³/mol. The maximum Gasteiger partial charge on any atom is 0.417 e. The van der Waals surface area contributed by atoms with Crippen molar-refractivity contribution in [1.29, 1.82) is 0 Å². The van der Waals surface area contributed by atoms with Crippen LogP contribution in [0, 0.1) is 6.92 Å². The lowest BCUT2D eigenvalue weighted by Crippen LogP contribution is -2.46. The van der Waals surface area contributed by atoms with Crippen molar-refractivity contribution < 1.29 is 23.0 Å². The summed E-state index contributed by atoms with van der Waals surface area (Å²) >= 11 is 0. The normalized spacial score (nSPS) is 16.0. The van der Waals surface area contributed by atoms with Gasteiger partial charge in [0.1, 0.15) is 5.75 Å². The summed E-state index contributed by atoms with van der Waals surface area (Å²) in [5.41, 5.74) is -3.21. The van der Waals surface area contributed by atoms with E-state index in [1.54, 1.807) is 38.1 Å².